The monoisotopic (exact) mass is 427 g/mol. The van der Waals surface area contributed by atoms with Crippen LogP contribution in [-0.2, 0) is 0 Å². The van der Waals surface area contributed by atoms with Crippen molar-refractivity contribution in [3.05, 3.63) is 94.7 Å². The molecular weight excluding hydrogens is 402 g/mol. The first kappa shape index (κ1) is 21.4. The van der Waals surface area contributed by atoms with Gasteiger partial charge in [0, 0.05) is 24.8 Å². The first-order valence-corrected chi connectivity index (χ1v) is 10.7. The zero-order valence-electron chi connectivity index (χ0n) is 18.4. The van der Waals surface area contributed by atoms with Gasteiger partial charge in [-0.2, -0.15) is 0 Å². The van der Waals surface area contributed by atoms with Gasteiger partial charge in [-0.15, -0.1) is 0 Å². The molecule has 1 aliphatic rings. The predicted molar refractivity (Wildman–Crippen MR) is 126 cm³/mol. The highest BCUT2D eigenvalue weighted by molar-refractivity contribution is 6.15. The summed E-state index contributed by atoms with van der Waals surface area (Å²) in [6.45, 7) is 7.92. The smallest absolute Gasteiger partial charge is 0.343 e. The molecule has 0 amide bonds. The molecule has 3 aromatic carbocycles. The number of ketones is 1. The Balaban J connectivity index is 1.55. The highest BCUT2D eigenvalue weighted by Crippen LogP contribution is 2.37. The number of esters is 1. The molecule has 4 rings (SSSR count). The summed E-state index contributed by atoms with van der Waals surface area (Å²) in [4.78, 5) is 27.6. The molecule has 32 heavy (non-hydrogen) atoms. The van der Waals surface area contributed by atoms with E-state index in [2.05, 4.69) is 18.7 Å². The van der Waals surface area contributed by atoms with Crippen molar-refractivity contribution in [3.63, 3.8) is 0 Å². The molecule has 5 nitrogen and oxygen atoms in total. The molecule has 1 aliphatic heterocycles. The number of nitrogens with zero attached hydrogens (tertiary/aromatic N) is 1. The van der Waals surface area contributed by atoms with Gasteiger partial charge in [-0.05, 0) is 68.3 Å². The number of carbonyl (C=O) groups excluding carboxylic acids is 2. The molecule has 0 saturated carbocycles. The molecule has 5 heteroatoms. The van der Waals surface area contributed by atoms with Gasteiger partial charge in [-0.3, -0.25) is 4.79 Å². The minimum atomic E-state index is -0.460. The molecule has 0 unspecified atom stereocenters. The van der Waals surface area contributed by atoms with E-state index in [0.717, 1.165) is 24.3 Å². The molecule has 0 radical (unpaired) electrons. The van der Waals surface area contributed by atoms with E-state index in [1.54, 1.807) is 42.5 Å². The Morgan fingerprint density at radius 2 is 1.69 bits per heavy atom. The lowest BCUT2D eigenvalue weighted by molar-refractivity contribution is 0.0734. The Morgan fingerprint density at radius 3 is 2.34 bits per heavy atom. The Morgan fingerprint density at radius 1 is 1.00 bits per heavy atom. The lowest BCUT2D eigenvalue weighted by atomic mass is 10.0. The van der Waals surface area contributed by atoms with Crippen molar-refractivity contribution in [2.75, 3.05) is 18.0 Å². The molecule has 1 heterocycles. The van der Waals surface area contributed by atoms with E-state index in [1.807, 2.05) is 37.3 Å². The van der Waals surface area contributed by atoms with Crippen molar-refractivity contribution in [2.24, 2.45) is 0 Å². The molecule has 0 spiro atoms. The maximum absolute atomic E-state index is 12.9. The lowest BCUT2D eigenvalue weighted by Gasteiger charge is -2.20. The van der Waals surface area contributed by atoms with Crippen LogP contribution in [-0.4, -0.2) is 24.8 Å². The van der Waals surface area contributed by atoms with Crippen LogP contribution in [0.4, 0.5) is 5.69 Å². The Bertz CT molecular complexity index is 1180. The van der Waals surface area contributed by atoms with E-state index in [-0.39, 0.29) is 11.5 Å². The van der Waals surface area contributed by atoms with Gasteiger partial charge >= 0.3 is 5.97 Å². The molecule has 0 atom stereocenters. The van der Waals surface area contributed by atoms with E-state index >= 15 is 0 Å². The molecule has 0 fully saturated rings. The summed E-state index contributed by atoms with van der Waals surface area (Å²) in [6, 6.07) is 20.1. The molecule has 0 saturated heterocycles. The van der Waals surface area contributed by atoms with E-state index in [1.165, 1.54) is 0 Å². The van der Waals surface area contributed by atoms with Crippen LogP contribution in [0.1, 0.15) is 45.7 Å². The molecule has 162 valence electrons. The molecule has 0 bridgehead atoms. The average Bonchev–Trinajstić information content (AvgIpc) is 3.11. The predicted octanol–water partition coefficient (Wildman–Crippen LogP) is 5.68. The third kappa shape index (κ3) is 4.28. The minimum Gasteiger partial charge on any atom is -0.452 e. The number of hydrogen-bond donors (Lipinski definition) is 0. The second-order valence-corrected chi connectivity index (χ2v) is 7.57. The summed E-state index contributed by atoms with van der Waals surface area (Å²) in [5, 5.41) is 0. The van der Waals surface area contributed by atoms with Crippen LogP contribution in [0.3, 0.4) is 0 Å². The molecule has 0 aliphatic carbocycles. The third-order valence-electron chi connectivity index (χ3n) is 5.48. The zero-order chi connectivity index (χ0) is 22.7. The SMILES string of the molecule is CCN(CC)c1ccc(/C=C2\Oc3cc(OC(=O)c4ccccc4)cc(C)c3C2=O)cc1. The summed E-state index contributed by atoms with van der Waals surface area (Å²) in [5.74, 6) is 0.361. The Hall–Kier alpha value is -3.86. The van der Waals surface area contributed by atoms with Crippen LogP contribution in [0, 0.1) is 6.92 Å². The number of Topliss-reactive ketones (excluding diaryl/α,β-unsaturated/α-hetero) is 1. The van der Waals surface area contributed by atoms with Gasteiger partial charge in [-0.25, -0.2) is 4.79 Å². The second-order valence-electron chi connectivity index (χ2n) is 7.57. The molecular formula is C27H25NO4. The van der Waals surface area contributed by atoms with E-state index in [4.69, 9.17) is 9.47 Å². The third-order valence-corrected chi connectivity index (χ3v) is 5.48. The van der Waals surface area contributed by atoms with Crippen LogP contribution >= 0.6 is 0 Å². The molecule has 0 N–H and O–H groups in total. The van der Waals surface area contributed by atoms with Crippen molar-refractivity contribution < 1.29 is 19.1 Å². The largest absolute Gasteiger partial charge is 0.452 e. The first-order chi connectivity index (χ1) is 15.5. The molecule has 3 aromatic rings. The normalized spacial score (nSPS) is 13.6. The summed E-state index contributed by atoms with van der Waals surface area (Å²) < 4.78 is 11.4. The van der Waals surface area contributed by atoms with Crippen LogP contribution in [0.2, 0.25) is 0 Å². The number of hydrogen-bond acceptors (Lipinski definition) is 5. The van der Waals surface area contributed by atoms with Crippen LogP contribution in [0.25, 0.3) is 6.08 Å². The number of fused-ring (bicyclic) bond motifs is 1. The highest BCUT2D eigenvalue weighted by Gasteiger charge is 2.30. The fourth-order valence-electron chi connectivity index (χ4n) is 3.80. The standard InChI is InChI=1S/C27H25NO4/c1-4-28(5-2)21-13-11-19(12-14-21)16-24-26(29)25-18(3)15-22(17-23(25)32-24)31-27(30)20-9-7-6-8-10-20/h6-17H,4-5H2,1-3H3/b24-16-. The van der Waals surface area contributed by atoms with E-state index < -0.39 is 5.97 Å². The maximum atomic E-state index is 12.9. The molecule has 0 aromatic heterocycles. The summed E-state index contributed by atoms with van der Waals surface area (Å²) in [5.41, 5.74) is 3.67. The number of carbonyl (C=O) groups is 2. The van der Waals surface area contributed by atoms with Crippen molar-refractivity contribution in [1.82, 2.24) is 0 Å². The average molecular weight is 428 g/mol. The first-order valence-electron chi connectivity index (χ1n) is 10.7. The zero-order valence-corrected chi connectivity index (χ0v) is 18.4. The number of benzene rings is 3. The van der Waals surface area contributed by atoms with Crippen molar-refractivity contribution >= 4 is 23.5 Å². The maximum Gasteiger partial charge on any atom is 0.343 e. The van der Waals surface area contributed by atoms with E-state index in [9.17, 15) is 9.59 Å². The van der Waals surface area contributed by atoms with Gasteiger partial charge in [0.2, 0.25) is 5.78 Å². The van der Waals surface area contributed by atoms with Crippen molar-refractivity contribution in [1.29, 1.82) is 0 Å². The topological polar surface area (TPSA) is 55.8 Å². The van der Waals surface area contributed by atoms with Gasteiger partial charge < -0.3 is 14.4 Å². The number of rotatable bonds is 6. The minimum absolute atomic E-state index is 0.175. The van der Waals surface area contributed by atoms with E-state index in [0.29, 0.717) is 28.2 Å². The fraction of sp³-hybridized carbons (Fsp3) is 0.185. The van der Waals surface area contributed by atoms with Gasteiger partial charge in [0.05, 0.1) is 11.1 Å². The number of allylic oxidation sites excluding steroid dienone is 1. The Kier molecular flexibility index (Phi) is 6.08. The number of ether oxygens (including phenoxy) is 2. The lowest BCUT2D eigenvalue weighted by Crippen LogP contribution is -2.21. The van der Waals surface area contributed by atoms with Crippen LogP contribution in [0.5, 0.6) is 11.5 Å². The second kappa shape index (κ2) is 9.10. The van der Waals surface area contributed by atoms with Crippen LogP contribution in [0.15, 0.2) is 72.5 Å². The van der Waals surface area contributed by atoms with Crippen molar-refractivity contribution in [3.8, 4) is 11.5 Å². The van der Waals surface area contributed by atoms with Crippen molar-refractivity contribution in [2.45, 2.75) is 20.8 Å². The summed E-state index contributed by atoms with van der Waals surface area (Å²) in [7, 11) is 0. The Labute approximate surface area is 187 Å². The fourth-order valence-corrected chi connectivity index (χ4v) is 3.80. The summed E-state index contributed by atoms with van der Waals surface area (Å²) in [6.07, 6.45) is 1.74. The summed E-state index contributed by atoms with van der Waals surface area (Å²) >= 11 is 0. The van der Waals surface area contributed by atoms with Gasteiger partial charge in [0.15, 0.2) is 5.76 Å². The number of anilines is 1. The number of aryl methyl sites for hydroxylation is 1. The van der Waals surface area contributed by atoms with Gasteiger partial charge in [-0.1, -0.05) is 30.3 Å². The highest BCUT2D eigenvalue weighted by atomic mass is 16.5. The van der Waals surface area contributed by atoms with Crippen LogP contribution < -0.4 is 14.4 Å². The van der Waals surface area contributed by atoms with Gasteiger partial charge in [0.1, 0.15) is 11.5 Å². The quantitative estimate of drug-likeness (QED) is 0.288. The van der Waals surface area contributed by atoms with Gasteiger partial charge in [0.25, 0.3) is 0 Å².